The largest absolute Gasteiger partial charge is 4.00 e. The van der Waals surface area contributed by atoms with Gasteiger partial charge >= 0.3 is 21.1 Å². The Bertz CT molecular complexity index is 1230. The molecule has 0 saturated carbocycles. The first kappa shape index (κ1) is 22.2. The number of aromatic nitrogens is 3. The predicted molar refractivity (Wildman–Crippen MR) is 127 cm³/mol. The van der Waals surface area contributed by atoms with E-state index in [1.165, 1.54) is 0 Å². The molecule has 2 aliphatic heterocycles. The van der Waals surface area contributed by atoms with Crippen molar-refractivity contribution in [3.63, 3.8) is 0 Å². The molecule has 0 atom stereocenters. The molecule has 9 heteroatoms. The van der Waals surface area contributed by atoms with Crippen molar-refractivity contribution in [1.29, 1.82) is 0 Å². The van der Waals surface area contributed by atoms with Crippen molar-refractivity contribution in [2.75, 3.05) is 33.7 Å². The maximum absolute atomic E-state index is 6.14. The maximum Gasteiger partial charge on any atom is 4.00 e. The van der Waals surface area contributed by atoms with Crippen LogP contribution < -0.4 is 24.3 Å². The predicted octanol–water partition coefficient (Wildman–Crippen LogP) is 4.68. The third-order valence-electron chi connectivity index (χ3n) is 5.40. The average Bonchev–Trinajstić information content (AvgIpc) is 3.37. The molecule has 0 N–H and O–H groups in total. The van der Waals surface area contributed by atoms with Gasteiger partial charge in [0, 0.05) is 30.1 Å². The number of hydrogen-bond acceptors (Lipinski definition) is 8. The smallest absolute Gasteiger partial charge is 0.509 e. The summed E-state index contributed by atoms with van der Waals surface area (Å²) >= 11 is 0. The van der Waals surface area contributed by atoms with E-state index in [9.17, 15) is 0 Å². The van der Waals surface area contributed by atoms with Crippen molar-refractivity contribution in [3.8, 4) is 11.5 Å². The first-order valence-electron chi connectivity index (χ1n) is 10.4. The summed E-state index contributed by atoms with van der Waals surface area (Å²) < 4.78 is 6.14. The molecular formula is C25H19N7OPt. The Balaban J connectivity index is 0.00000241. The van der Waals surface area contributed by atoms with Gasteiger partial charge < -0.3 is 24.3 Å². The minimum Gasteiger partial charge on any atom is -0.509 e. The second-order valence-corrected chi connectivity index (χ2v) is 7.65. The summed E-state index contributed by atoms with van der Waals surface area (Å²) in [6.45, 7) is 3.91. The average molecular weight is 629 g/mol. The Morgan fingerprint density at radius 3 is 2.00 bits per heavy atom. The molecule has 0 saturated heterocycles. The summed E-state index contributed by atoms with van der Waals surface area (Å²) in [7, 11) is 3.91. The zero-order valence-corrected chi connectivity index (χ0v) is 20.6. The quantitative estimate of drug-likeness (QED) is 0.303. The fourth-order valence-corrected chi connectivity index (χ4v) is 3.92. The molecule has 0 radical (unpaired) electrons. The van der Waals surface area contributed by atoms with Crippen LogP contribution in [0.5, 0.6) is 11.5 Å². The summed E-state index contributed by atoms with van der Waals surface area (Å²) in [5, 5.41) is 0. The molecule has 4 heterocycles. The first-order chi connectivity index (χ1) is 16.2. The number of nitrogens with zero attached hydrogens (tertiary/aromatic N) is 7. The summed E-state index contributed by atoms with van der Waals surface area (Å²) in [6, 6.07) is 22.2. The van der Waals surface area contributed by atoms with Gasteiger partial charge in [-0.25, -0.2) is 15.0 Å². The van der Waals surface area contributed by atoms with Gasteiger partial charge in [-0.1, -0.05) is 5.69 Å². The van der Waals surface area contributed by atoms with Crippen LogP contribution >= 0.6 is 0 Å². The van der Waals surface area contributed by atoms with Gasteiger partial charge in [0.25, 0.3) is 0 Å². The van der Waals surface area contributed by atoms with Crippen molar-refractivity contribution in [1.82, 2.24) is 15.0 Å². The second-order valence-electron chi connectivity index (χ2n) is 7.65. The van der Waals surface area contributed by atoms with Gasteiger partial charge in [0.05, 0.1) is 5.69 Å². The molecule has 0 fully saturated rings. The Morgan fingerprint density at radius 2 is 1.26 bits per heavy atom. The summed E-state index contributed by atoms with van der Waals surface area (Å²) in [5.74, 6) is 3.62. The molecule has 2 aromatic carbocycles. The van der Waals surface area contributed by atoms with E-state index in [-0.39, 0.29) is 21.1 Å². The van der Waals surface area contributed by atoms with E-state index >= 15 is 0 Å². The van der Waals surface area contributed by atoms with Crippen molar-refractivity contribution in [2.24, 2.45) is 0 Å². The van der Waals surface area contributed by atoms with E-state index in [4.69, 9.17) is 4.74 Å². The monoisotopic (exact) mass is 628 g/mol. The number of hydrogen-bond donors (Lipinski definition) is 0. The van der Waals surface area contributed by atoms with Crippen molar-refractivity contribution in [2.45, 2.75) is 0 Å². The van der Waals surface area contributed by atoms with Crippen LogP contribution in [0, 0.1) is 25.5 Å². The zero-order valence-electron chi connectivity index (χ0n) is 18.4. The molecule has 170 valence electrons. The third kappa shape index (κ3) is 3.84. The van der Waals surface area contributed by atoms with E-state index < -0.39 is 0 Å². The molecule has 2 aliphatic rings. The van der Waals surface area contributed by atoms with E-state index in [0.29, 0.717) is 11.5 Å². The van der Waals surface area contributed by atoms with Crippen LogP contribution in [-0.2, 0) is 21.1 Å². The first-order valence-corrected chi connectivity index (χ1v) is 10.4. The van der Waals surface area contributed by atoms with Crippen LogP contribution in [0.4, 0.5) is 34.5 Å². The second kappa shape index (κ2) is 8.95. The molecule has 34 heavy (non-hydrogen) atoms. The van der Waals surface area contributed by atoms with Crippen LogP contribution in [-0.4, -0.2) is 29.0 Å². The minimum atomic E-state index is 0. The van der Waals surface area contributed by atoms with Crippen LogP contribution in [0.2, 0.25) is 0 Å². The summed E-state index contributed by atoms with van der Waals surface area (Å²) in [5.41, 5.74) is 2.67. The molecule has 0 amide bonds. The molecule has 0 spiro atoms. The topological polar surface area (TPSA) is 60.9 Å². The van der Waals surface area contributed by atoms with Crippen LogP contribution in [0.1, 0.15) is 0 Å². The molecular weight excluding hydrogens is 609 g/mol. The van der Waals surface area contributed by atoms with Gasteiger partial charge in [-0.3, -0.25) is 0 Å². The Labute approximate surface area is 212 Å². The van der Waals surface area contributed by atoms with Gasteiger partial charge in [0.15, 0.2) is 0 Å². The van der Waals surface area contributed by atoms with Crippen molar-refractivity contribution < 1.29 is 25.8 Å². The van der Waals surface area contributed by atoms with E-state index in [1.807, 2.05) is 95.6 Å². The number of benzene rings is 2. The Hall–Kier alpha value is -3.64. The number of pyridine rings is 1. The Kier molecular flexibility index (Phi) is 5.84. The van der Waals surface area contributed by atoms with Crippen molar-refractivity contribution in [3.05, 3.63) is 92.6 Å². The number of ether oxygens (including phenoxy) is 1. The molecule has 0 unspecified atom stereocenters. The van der Waals surface area contributed by atoms with E-state index in [0.717, 1.165) is 34.5 Å². The SMILES string of the molecule is CN1[CH-]N(c2[c-]c(Oc3[c-]c(N4[CH-]N(C)c5nccnc54)ccc3)ccc2)c2cccnc21.[Pt+4]. The normalized spacial score (nSPS) is 14.1. The number of fused-ring (bicyclic) bond motifs is 2. The van der Waals surface area contributed by atoms with Crippen LogP contribution in [0.3, 0.4) is 0 Å². The van der Waals surface area contributed by atoms with Gasteiger partial charge in [-0.2, -0.15) is 18.8 Å². The third-order valence-corrected chi connectivity index (χ3v) is 5.40. The summed E-state index contributed by atoms with van der Waals surface area (Å²) in [4.78, 5) is 21.2. The molecule has 8 nitrogen and oxygen atoms in total. The molecule has 2 aromatic heterocycles. The standard InChI is InChI=1S/C25H19N7O.Pt/c1-29-16-31(22-10-5-11-26-23(22)29)18-6-3-8-20(14-18)33-21-9-4-7-19(15-21)32-17-30(2)24-25(32)28-13-12-27-24;/h3-13,16-17H,1-2H3;/q-4;+4. The van der Waals surface area contributed by atoms with Gasteiger partial charge in [0.1, 0.15) is 17.5 Å². The minimum absolute atomic E-state index is 0. The van der Waals surface area contributed by atoms with E-state index in [1.54, 1.807) is 18.6 Å². The van der Waals surface area contributed by atoms with E-state index in [2.05, 4.69) is 27.1 Å². The molecule has 6 rings (SSSR count). The number of anilines is 6. The zero-order chi connectivity index (χ0) is 22.4. The van der Waals surface area contributed by atoms with Crippen LogP contribution in [0.15, 0.2) is 67.1 Å². The summed E-state index contributed by atoms with van der Waals surface area (Å²) in [6.07, 6.45) is 5.15. The van der Waals surface area contributed by atoms with Crippen molar-refractivity contribution >= 4 is 34.5 Å². The van der Waals surface area contributed by atoms with Gasteiger partial charge in [-0.05, 0) is 26.2 Å². The van der Waals surface area contributed by atoms with Crippen LogP contribution in [0.25, 0.3) is 0 Å². The van der Waals surface area contributed by atoms with Gasteiger partial charge in [-0.15, -0.1) is 48.8 Å². The van der Waals surface area contributed by atoms with Gasteiger partial charge in [0.2, 0.25) is 0 Å². The molecule has 4 aromatic rings. The number of rotatable bonds is 4. The Morgan fingerprint density at radius 1 is 0.676 bits per heavy atom. The molecule has 0 bridgehead atoms. The fraction of sp³-hybridized carbons (Fsp3) is 0.0800. The maximum atomic E-state index is 6.14. The fourth-order valence-electron chi connectivity index (χ4n) is 3.92. The molecule has 0 aliphatic carbocycles.